The molecule has 2 saturated carbocycles. The van der Waals surface area contributed by atoms with E-state index in [4.69, 9.17) is 17.3 Å². The molecule has 12 nitrogen and oxygen atoms in total. The van der Waals surface area contributed by atoms with Crippen molar-refractivity contribution in [2.75, 3.05) is 11.9 Å². The van der Waals surface area contributed by atoms with Crippen molar-refractivity contribution in [2.24, 2.45) is 11.7 Å². The number of carbonyl (C=O) groups is 3. The van der Waals surface area contributed by atoms with Gasteiger partial charge in [0.15, 0.2) is 11.0 Å². The second kappa shape index (κ2) is 10.2. The van der Waals surface area contributed by atoms with Crippen LogP contribution in [0.4, 0.5) is 5.82 Å². The lowest BCUT2D eigenvalue weighted by Gasteiger charge is -2.26. The Labute approximate surface area is 223 Å². The molecule has 1 heterocycles. The third-order valence-corrected chi connectivity index (χ3v) is 8.77. The van der Waals surface area contributed by atoms with E-state index >= 15 is 0 Å². The van der Waals surface area contributed by atoms with Crippen LogP contribution >= 0.6 is 11.6 Å². The molecule has 1 unspecified atom stereocenters. The Hall–Kier alpha value is -3.71. The Kier molecular flexibility index (Phi) is 7.35. The van der Waals surface area contributed by atoms with Gasteiger partial charge in [-0.05, 0) is 31.7 Å². The number of nitrogens with two attached hydrogens (primary N) is 1. The third-order valence-electron chi connectivity index (χ3n) is 6.59. The Morgan fingerprint density at radius 1 is 1.29 bits per heavy atom. The second-order valence-corrected chi connectivity index (χ2v) is 11.6. The molecule has 0 aliphatic heterocycles. The molecular formula is C24H27ClN6O6S. The molecule has 5 N–H and O–H groups in total. The van der Waals surface area contributed by atoms with Crippen LogP contribution in [0.25, 0.3) is 0 Å². The molecule has 2 aromatic rings. The highest BCUT2D eigenvalue weighted by Gasteiger charge is 2.61. The molecule has 0 radical (unpaired) electrons. The normalized spacial score (nSPS) is 21.2. The first-order chi connectivity index (χ1) is 17.9. The van der Waals surface area contributed by atoms with Gasteiger partial charge in [0.25, 0.3) is 11.5 Å². The maximum absolute atomic E-state index is 13.9. The number of nitrogens with zero attached hydrogens (tertiary/aromatic N) is 2. The van der Waals surface area contributed by atoms with Gasteiger partial charge in [0.1, 0.15) is 11.6 Å². The van der Waals surface area contributed by atoms with Crippen LogP contribution < -0.4 is 26.6 Å². The van der Waals surface area contributed by atoms with Crippen LogP contribution in [0.2, 0.25) is 5.15 Å². The van der Waals surface area contributed by atoms with Crippen molar-refractivity contribution in [2.45, 2.75) is 43.0 Å². The molecule has 2 aliphatic carbocycles. The summed E-state index contributed by atoms with van der Waals surface area (Å²) < 4.78 is 28.1. The van der Waals surface area contributed by atoms with E-state index in [0.29, 0.717) is 18.4 Å². The predicted molar refractivity (Wildman–Crippen MR) is 140 cm³/mol. The maximum atomic E-state index is 13.9. The molecule has 3 amide bonds. The number of hydrogen-bond acceptors (Lipinski definition) is 8. The number of nitrogens with one attached hydrogen (secondary N) is 3. The van der Waals surface area contributed by atoms with Crippen molar-refractivity contribution in [3.8, 4) is 0 Å². The van der Waals surface area contributed by atoms with Gasteiger partial charge in [-0.2, -0.15) is 0 Å². The molecule has 1 aromatic heterocycles. The summed E-state index contributed by atoms with van der Waals surface area (Å²) in [5.74, 6) is -3.19. The summed E-state index contributed by atoms with van der Waals surface area (Å²) in [5, 5.41) is 4.47. The molecule has 14 heteroatoms. The fraction of sp³-hybridized carbons (Fsp3) is 0.375. The van der Waals surface area contributed by atoms with Crippen LogP contribution in [0.1, 0.15) is 36.6 Å². The average molecular weight is 563 g/mol. The van der Waals surface area contributed by atoms with Crippen LogP contribution in [0.5, 0.6) is 0 Å². The molecule has 38 heavy (non-hydrogen) atoms. The van der Waals surface area contributed by atoms with Gasteiger partial charge in [0.2, 0.25) is 21.8 Å². The summed E-state index contributed by atoms with van der Waals surface area (Å²) >= 11 is 6.29. The minimum Gasteiger partial charge on any atom is -0.368 e. The smallest absolute Gasteiger partial charge is 0.294 e. The maximum Gasteiger partial charge on any atom is 0.294 e. The number of benzene rings is 1. The number of halogens is 1. The van der Waals surface area contributed by atoms with Gasteiger partial charge in [0.05, 0.1) is 17.5 Å². The van der Waals surface area contributed by atoms with Crippen molar-refractivity contribution in [1.82, 2.24) is 19.6 Å². The number of rotatable bonds is 11. The van der Waals surface area contributed by atoms with Gasteiger partial charge >= 0.3 is 0 Å². The fourth-order valence-corrected chi connectivity index (χ4v) is 5.79. The van der Waals surface area contributed by atoms with Gasteiger partial charge in [-0.1, -0.05) is 48.0 Å². The first-order valence-electron chi connectivity index (χ1n) is 11.8. The fourth-order valence-electron chi connectivity index (χ4n) is 4.25. The van der Waals surface area contributed by atoms with Gasteiger partial charge in [0, 0.05) is 5.92 Å². The van der Waals surface area contributed by atoms with Crippen LogP contribution in [-0.2, 0) is 24.4 Å². The molecule has 2 fully saturated rings. The van der Waals surface area contributed by atoms with Crippen LogP contribution in [-0.4, -0.2) is 53.0 Å². The Bertz CT molecular complexity index is 1470. The van der Waals surface area contributed by atoms with Crippen molar-refractivity contribution in [3.63, 3.8) is 0 Å². The first kappa shape index (κ1) is 27.3. The zero-order chi connectivity index (χ0) is 27.8. The van der Waals surface area contributed by atoms with Gasteiger partial charge in [-0.15, -0.1) is 6.58 Å². The minimum absolute atomic E-state index is 0.108. The molecule has 0 spiro atoms. The quantitative estimate of drug-likeness (QED) is 0.283. The summed E-state index contributed by atoms with van der Waals surface area (Å²) in [6, 6.07) is 6.96. The standard InChI is InChI=1S/C24H27ClN6O6S/c1-3-15-11-24(15,23(35)30-38(36,37)16-9-10-16)29-21(33)18(14-7-5-4-6-8-14)31-13(2)19(25)28-20(22(31)34)27-12-17(26)32/h3-8,15-16,18H,1,9-12H2,2H3,(H2,26,32)(H,27,28)(H,29,33)(H,30,35)/t15-,18?,24-/m1/s1. The lowest BCUT2D eigenvalue weighted by molar-refractivity contribution is -0.130. The van der Waals surface area contributed by atoms with E-state index in [1.54, 1.807) is 30.3 Å². The largest absolute Gasteiger partial charge is 0.368 e. The SMILES string of the molecule is C=C[C@@H]1C[C@]1(NC(=O)C(c1ccccc1)n1c(C)c(Cl)nc(NCC(N)=O)c1=O)C(=O)NS(=O)(=O)C1CC1. The molecule has 2 aliphatic rings. The Morgan fingerprint density at radius 3 is 2.50 bits per heavy atom. The van der Waals surface area contributed by atoms with Crippen molar-refractivity contribution < 1.29 is 22.8 Å². The van der Waals surface area contributed by atoms with E-state index < -0.39 is 62.6 Å². The molecule has 0 bridgehead atoms. The summed E-state index contributed by atoms with van der Waals surface area (Å²) in [6.45, 7) is 4.78. The van der Waals surface area contributed by atoms with Crippen LogP contribution in [0, 0.1) is 12.8 Å². The van der Waals surface area contributed by atoms with Crippen LogP contribution in [0.3, 0.4) is 0 Å². The van der Waals surface area contributed by atoms with Crippen molar-refractivity contribution in [3.05, 3.63) is 69.8 Å². The summed E-state index contributed by atoms with van der Waals surface area (Å²) in [7, 11) is -3.87. The first-order valence-corrected chi connectivity index (χ1v) is 13.7. The number of carbonyl (C=O) groups excluding carboxylic acids is 3. The summed E-state index contributed by atoms with van der Waals surface area (Å²) in [4.78, 5) is 55.7. The topological polar surface area (TPSA) is 182 Å². The number of primary amides is 1. The van der Waals surface area contributed by atoms with E-state index in [2.05, 4.69) is 26.9 Å². The molecule has 202 valence electrons. The minimum atomic E-state index is -3.87. The monoisotopic (exact) mass is 562 g/mol. The Balaban J connectivity index is 1.75. The van der Waals surface area contributed by atoms with E-state index in [-0.39, 0.29) is 23.1 Å². The highest BCUT2D eigenvalue weighted by atomic mass is 35.5. The Morgan fingerprint density at radius 2 is 1.95 bits per heavy atom. The van der Waals surface area contributed by atoms with Crippen LogP contribution in [0.15, 0.2) is 47.8 Å². The zero-order valence-electron chi connectivity index (χ0n) is 20.4. The van der Waals surface area contributed by atoms with E-state index in [1.165, 1.54) is 13.0 Å². The zero-order valence-corrected chi connectivity index (χ0v) is 22.0. The molecule has 1 aromatic carbocycles. The number of hydrogen-bond donors (Lipinski definition) is 4. The molecule has 0 saturated heterocycles. The van der Waals surface area contributed by atoms with Gasteiger partial charge < -0.3 is 16.4 Å². The number of amides is 3. The lowest BCUT2D eigenvalue weighted by atomic mass is 10.0. The van der Waals surface area contributed by atoms with Gasteiger partial charge in [-0.3, -0.25) is 28.5 Å². The van der Waals surface area contributed by atoms with E-state index in [0.717, 1.165) is 4.57 Å². The van der Waals surface area contributed by atoms with E-state index in [1.807, 2.05) is 0 Å². The highest BCUT2D eigenvalue weighted by Crippen LogP contribution is 2.45. The van der Waals surface area contributed by atoms with Gasteiger partial charge in [-0.25, -0.2) is 13.4 Å². The lowest BCUT2D eigenvalue weighted by Crippen LogP contribution is -2.54. The molecule has 4 rings (SSSR count). The van der Waals surface area contributed by atoms with Crippen molar-refractivity contribution in [1.29, 1.82) is 0 Å². The number of aromatic nitrogens is 2. The number of anilines is 1. The van der Waals surface area contributed by atoms with E-state index in [9.17, 15) is 27.6 Å². The predicted octanol–water partition coefficient (Wildman–Crippen LogP) is 0.361. The molecule has 3 atom stereocenters. The average Bonchev–Trinajstić information content (AvgIpc) is 3.78. The summed E-state index contributed by atoms with van der Waals surface area (Å²) in [5.41, 5.74) is 3.38. The second-order valence-electron chi connectivity index (χ2n) is 9.33. The highest BCUT2D eigenvalue weighted by molar-refractivity contribution is 7.91. The van der Waals surface area contributed by atoms with Crippen molar-refractivity contribution >= 4 is 45.2 Å². The summed E-state index contributed by atoms with van der Waals surface area (Å²) in [6.07, 6.45) is 2.51. The number of sulfonamides is 1. The molecular weight excluding hydrogens is 536 g/mol. The third kappa shape index (κ3) is 5.29.